The Morgan fingerprint density at radius 2 is 1.73 bits per heavy atom. The summed E-state index contributed by atoms with van der Waals surface area (Å²) in [5.41, 5.74) is 5.08. The summed E-state index contributed by atoms with van der Waals surface area (Å²) in [5, 5.41) is 19.6. The summed E-state index contributed by atoms with van der Waals surface area (Å²) in [5.74, 6) is 1.33. The maximum absolute atomic E-state index is 6.32. The van der Waals surface area contributed by atoms with Gasteiger partial charge in [-0.2, -0.15) is 10.3 Å². The third-order valence-electron chi connectivity index (χ3n) is 5.48. The molecule has 0 aliphatic carbocycles. The van der Waals surface area contributed by atoms with Crippen LogP contribution in [0.4, 0.5) is 0 Å². The van der Waals surface area contributed by atoms with Gasteiger partial charge < -0.3 is 4.57 Å². The zero-order valence-electron chi connectivity index (χ0n) is 18.2. The van der Waals surface area contributed by atoms with Gasteiger partial charge in [0.05, 0.1) is 17.9 Å². The van der Waals surface area contributed by atoms with Crippen molar-refractivity contribution in [3.63, 3.8) is 0 Å². The molecule has 3 heterocycles. The highest BCUT2D eigenvalue weighted by Gasteiger charge is 2.16. The number of tetrazole rings is 1. The standard InChI is InChI=1S/C24H23ClN8/c1-2-3-9-22-26-24(25)32(29-22)16-17-10-12-19(13-11-17)33-20(18-7-5-4-6-8-18)14-15-21(33)23-27-30-31-28-23/h4-8,10-15H,2-3,9,16H2,1H3,(H,27,28,30,31). The first kappa shape index (κ1) is 21.1. The summed E-state index contributed by atoms with van der Waals surface area (Å²) >= 11 is 6.32. The van der Waals surface area contributed by atoms with Gasteiger partial charge in [-0.15, -0.1) is 10.2 Å². The van der Waals surface area contributed by atoms with Crippen LogP contribution in [0.5, 0.6) is 0 Å². The van der Waals surface area contributed by atoms with Crippen LogP contribution in [0, 0.1) is 0 Å². The number of H-pyrrole nitrogens is 1. The molecule has 0 unspecified atom stereocenters. The van der Waals surface area contributed by atoms with Crippen LogP contribution < -0.4 is 0 Å². The number of hydrogen-bond acceptors (Lipinski definition) is 5. The summed E-state index contributed by atoms with van der Waals surface area (Å²) in [6.07, 6.45) is 3.00. The van der Waals surface area contributed by atoms with Gasteiger partial charge in [-0.1, -0.05) is 55.8 Å². The first-order valence-corrected chi connectivity index (χ1v) is 11.3. The summed E-state index contributed by atoms with van der Waals surface area (Å²) in [7, 11) is 0. The molecule has 0 spiro atoms. The highest BCUT2D eigenvalue weighted by Crippen LogP contribution is 2.30. The first-order chi connectivity index (χ1) is 16.2. The lowest BCUT2D eigenvalue weighted by molar-refractivity contribution is 0.661. The molecule has 0 bridgehead atoms. The van der Waals surface area contributed by atoms with Gasteiger partial charge >= 0.3 is 0 Å². The Morgan fingerprint density at radius 1 is 0.939 bits per heavy atom. The second kappa shape index (κ2) is 9.38. The molecule has 33 heavy (non-hydrogen) atoms. The van der Waals surface area contributed by atoms with E-state index in [9.17, 15) is 0 Å². The van der Waals surface area contributed by atoms with Gasteiger partial charge in [0.15, 0.2) is 5.82 Å². The summed E-state index contributed by atoms with van der Waals surface area (Å²) in [6.45, 7) is 2.71. The fourth-order valence-electron chi connectivity index (χ4n) is 3.83. The third-order valence-corrected chi connectivity index (χ3v) is 5.76. The van der Waals surface area contributed by atoms with Crippen LogP contribution in [0.1, 0.15) is 31.2 Å². The molecule has 5 aromatic rings. The lowest BCUT2D eigenvalue weighted by atomic mass is 10.1. The molecule has 0 aliphatic heterocycles. The van der Waals surface area contributed by atoms with Crippen LogP contribution in [-0.2, 0) is 13.0 Å². The number of aryl methyl sites for hydroxylation is 1. The molecule has 8 nitrogen and oxygen atoms in total. The van der Waals surface area contributed by atoms with Crippen LogP contribution in [0.2, 0.25) is 5.28 Å². The Morgan fingerprint density at radius 3 is 2.45 bits per heavy atom. The largest absolute Gasteiger partial charge is 0.306 e. The smallest absolute Gasteiger partial charge is 0.221 e. The van der Waals surface area contributed by atoms with E-state index in [1.165, 1.54) is 0 Å². The molecule has 0 aliphatic rings. The third kappa shape index (κ3) is 4.42. The zero-order valence-corrected chi connectivity index (χ0v) is 18.9. The van der Waals surface area contributed by atoms with Crippen molar-refractivity contribution >= 4 is 11.6 Å². The predicted octanol–water partition coefficient (Wildman–Crippen LogP) is 4.96. The molecule has 0 radical (unpaired) electrons. The number of benzene rings is 2. The van der Waals surface area contributed by atoms with E-state index in [1.54, 1.807) is 4.68 Å². The van der Waals surface area contributed by atoms with Crippen molar-refractivity contribution in [2.24, 2.45) is 0 Å². The summed E-state index contributed by atoms with van der Waals surface area (Å²) in [6, 6.07) is 22.6. The van der Waals surface area contributed by atoms with E-state index in [0.717, 1.165) is 53.3 Å². The lowest BCUT2D eigenvalue weighted by Crippen LogP contribution is -2.04. The molecule has 2 aromatic carbocycles. The van der Waals surface area contributed by atoms with Crippen molar-refractivity contribution in [2.75, 3.05) is 0 Å². The number of nitrogens with one attached hydrogen (secondary N) is 1. The number of rotatable bonds is 8. The Labute approximate surface area is 196 Å². The Balaban J connectivity index is 1.47. The Hall–Kier alpha value is -3.78. The van der Waals surface area contributed by atoms with E-state index < -0.39 is 0 Å². The Kier molecular flexibility index (Phi) is 5.99. The minimum atomic E-state index is 0.418. The highest BCUT2D eigenvalue weighted by molar-refractivity contribution is 6.28. The zero-order chi connectivity index (χ0) is 22.6. The number of nitrogens with zero attached hydrogens (tertiary/aromatic N) is 7. The quantitative estimate of drug-likeness (QED) is 0.355. The molecule has 9 heteroatoms. The van der Waals surface area contributed by atoms with Gasteiger partial charge in [0.25, 0.3) is 0 Å². The fourth-order valence-corrected chi connectivity index (χ4v) is 4.02. The van der Waals surface area contributed by atoms with Crippen molar-refractivity contribution in [3.8, 4) is 28.5 Å². The van der Waals surface area contributed by atoms with Crippen molar-refractivity contribution in [3.05, 3.63) is 83.4 Å². The molecule has 3 aromatic heterocycles. The van der Waals surface area contributed by atoms with E-state index in [4.69, 9.17) is 11.6 Å². The lowest BCUT2D eigenvalue weighted by Gasteiger charge is -2.13. The highest BCUT2D eigenvalue weighted by atomic mass is 35.5. The van der Waals surface area contributed by atoms with E-state index in [-0.39, 0.29) is 0 Å². The average molecular weight is 459 g/mol. The SMILES string of the molecule is CCCCc1nc(Cl)n(Cc2ccc(-n3c(-c4ccccc4)ccc3-c3nn[nH]n3)cc2)n1. The van der Waals surface area contributed by atoms with Crippen LogP contribution in [0.15, 0.2) is 66.7 Å². The number of unbranched alkanes of at least 4 members (excludes halogenated alkanes) is 1. The molecule has 0 atom stereocenters. The number of halogens is 1. The predicted molar refractivity (Wildman–Crippen MR) is 127 cm³/mol. The average Bonchev–Trinajstić information content (AvgIpc) is 3.59. The molecule has 5 rings (SSSR count). The summed E-state index contributed by atoms with van der Waals surface area (Å²) in [4.78, 5) is 4.38. The van der Waals surface area contributed by atoms with E-state index in [0.29, 0.717) is 17.7 Å². The molecule has 166 valence electrons. The van der Waals surface area contributed by atoms with Crippen molar-refractivity contribution in [1.82, 2.24) is 40.0 Å². The maximum Gasteiger partial charge on any atom is 0.221 e. The molecule has 0 saturated carbocycles. The second-order valence-corrected chi connectivity index (χ2v) is 8.10. The molecular weight excluding hydrogens is 436 g/mol. The molecule has 0 saturated heterocycles. The van der Waals surface area contributed by atoms with Gasteiger partial charge in [-0.05, 0) is 58.6 Å². The molecule has 0 amide bonds. The van der Waals surface area contributed by atoms with Crippen LogP contribution in [0.3, 0.4) is 0 Å². The van der Waals surface area contributed by atoms with Gasteiger partial charge in [-0.3, -0.25) is 0 Å². The van der Waals surface area contributed by atoms with Crippen LogP contribution in [-0.4, -0.2) is 40.0 Å². The molecular formula is C24H23ClN8. The number of aromatic amines is 1. The minimum absolute atomic E-state index is 0.418. The van der Waals surface area contributed by atoms with Gasteiger partial charge in [-0.25, -0.2) is 9.67 Å². The fraction of sp³-hybridized carbons (Fsp3) is 0.208. The van der Waals surface area contributed by atoms with Crippen molar-refractivity contribution < 1.29 is 0 Å². The molecule has 0 fully saturated rings. The monoisotopic (exact) mass is 458 g/mol. The first-order valence-electron chi connectivity index (χ1n) is 10.9. The van der Waals surface area contributed by atoms with Crippen LogP contribution in [0.25, 0.3) is 28.5 Å². The number of aromatic nitrogens is 8. The normalized spacial score (nSPS) is 11.2. The minimum Gasteiger partial charge on any atom is -0.306 e. The van der Waals surface area contributed by atoms with E-state index in [1.807, 2.05) is 24.3 Å². The Bertz CT molecular complexity index is 1320. The van der Waals surface area contributed by atoms with E-state index in [2.05, 4.69) is 84.7 Å². The van der Waals surface area contributed by atoms with Gasteiger partial charge in [0.1, 0.15) is 0 Å². The van der Waals surface area contributed by atoms with E-state index >= 15 is 0 Å². The molecule has 1 N–H and O–H groups in total. The van der Waals surface area contributed by atoms with Crippen molar-refractivity contribution in [2.45, 2.75) is 32.7 Å². The topological polar surface area (TPSA) is 90.1 Å². The number of hydrogen-bond donors (Lipinski definition) is 1. The van der Waals surface area contributed by atoms with Crippen molar-refractivity contribution in [1.29, 1.82) is 0 Å². The van der Waals surface area contributed by atoms with Crippen LogP contribution >= 0.6 is 11.6 Å². The van der Waals surface area contributed by atoms with Gasteiger partial charge in [0, 0.05) is 12.1 Å². The second-order valence-electron chi connectivity index (χ2n) is 7.77. The van der Waals surface area contributed by atoms with Gasteiger partial charge in [0.2, 0.25) is 11.1 Å². The maximum atomic E-state index is 6.32. The summed E-state index contributed by atoms with van der Waals surface area (Å²) < 4.78 is 3.88.